The van der Waals surface area contributed by atoms with Crippen LogP contribution in [0.2, 0.25) is 0 Å². The highest BCUT2D eigenvalue weighted by atomic mass is 32.2. The molecular weight excluding hydrogens is 378 g/mol. The Morgan fingerprint density at radius 2 is 1.93 bits per heavy atom. The number of methoxy groups -OCH3 is 2. The SMILES string of the molecule is COc1ccc(S(=O)(=O)NCC2CCN(Cc3ccccn3)CC2)c(OC)c1. The summed E-state index contributed by atoms with van der Waals surface area (Å²) in [6, 6.07) is 10.6. The number of nitrogens with zero attached hydrogens (tertiary/aromatic N) is 2. The number of sulfonamides is 1. The van der Waals surface area contributed by atoms with E-state index in [-0.39, 0.29) is 10.6 Å². The number of aromatic nitrogens is 1. The number of pyridine rings is 1. The molecule has 0 unspecified atom stereocenters. The highest BCUT2D eigenvalue weighted by Crippen LogP contribution is 2.28. The van der Waals surface area contributed by atoms with Gasteiger partial charge in [0.2, 0.25) is 10.0 Å². The van der Waals surface area contributed by atoms with Crippen molar-refractivity contribution >= 4 is 10.0 Å². The van der Waals surface area contributed by atoms with Gasteiger partial charge in [0, 0.05) is 25.4 Å². The van der Waals surface area contributed by atoms with Gasteiger partial charge >= 0.3 is 0 Å². The molecule has 1 aromatic carbocycles. The Labute approximate surface area is 166 Å². The molecule has 0 atom stereocenters. The first-order valence-corrected chi connectivity index (χ1v) is 10.8. The Balaban J connectivity index is 1.53. The standard InChI is InChI=1S/C20H27N3O4S/c1-26-18-6-7-20(19(13-18)27-2)28(24,25)22-14-16-8-11-23(12-9-16)15-17-5-3-4-10-21-17/h3-7,10,13,16,22H,8-9,11-12,14-15H2,1-2H3. The Kier molecular flexibility index (Phi) is 6.88. The molecule has 2 heterocycles. The van der Waals surface area contributed by atoms with E-state index in [1.165, 1.54) is 20.3 Å². The van der Waals surface area contributed by atoms with Crippen LogP contribution in [0.15, 0.2) is 47.5 Å². The van der Waals surface area contributed by atoms with Crippen LogP contribution in [-0.2, 0) is 16.6 Å². The van der Waals surface area contributed by atoms with E-state index < -0.39 is 10.0 Å². The quantitative estimate of drug-likeness (QED) is 0.726. The molecule has 8 heteroatoms. The third kappa shape index (κ3) is 5.21. The fourth-order valence-corrected chi connectivity index (χ4v) is 4.64. The first-order valence-electron chi connectivity index (χ1n) is 9.36. The second-order valence-electron chi connectivity index (χ2n) is 6.91. The predicted molar refractivity (Wildman–Crippen MR) is 107 cm³/mol. The normalized spacial score (nSPS) is 16.1. The van der Waals surface area contributed by atoms with E-state index in [4.69, 9.17) is 9.47 Å². The fraction of sp³-hybridized carbons (Fsp3) is 0.450. The summed E-state index contributed by atoms with van der Waals surface area (Å²) in [7, 11) is -0.665. The third-order valence-corrected chi connectivity index (χ3v) is 6.50. The maximum absolute atomic E-state index is 12.7. The van der Waals surface area contributed by atoms with Crippen molar-refractivity contribution in [3.63, 3.8) is 0 Å². The number of benzene rings is 1. The summed E-state index contributed by atoms with van der Waals surface area (Å²) >= 11 is 0. The van der Waals surface area contributed by atoms with E-state index in [0.717, 1.165) is 38.2 Å². The lowest BCUT2D eigenvalue weighted by atomic mass is 9.97. The lowest BCUT2D eigenvalue weighted by molar-refractivity contribution is 0.177. The molecule has 1 N–H and O–H groups in total. The minimum atomic E-state index is -3.64. The van der Waals surface area contributed by atoms with Crippen LogP contribution in [0.3, 0.4) is 0 Å². The number of ether oxygens (including phenoxy) is 2. The maximum atomic E-state index is 12.7. The molecule has 0 aliphatic carbocycles. The van der Waals surface area contributed by atoms with Gasteiger partial charge in [-0.05, 0) is 56.1 Å². The molecule has 0 bridgehead atoms. The van der Waals surface area contributed by atoms with E-state index in [0.29, 0.717) is 18.2 Å². The van der Waals surface area contributed by atoms with Crippen LogP contribution < -0.4 is 14.2 Å². The molecule has 0 saturated carbocycles. The molecule has 1 aromatic heterocycles. The van der Waals surface area contributed by atoms with Crippen LogP contribution in [0, 0.1) is 5.92 Å². The van der Waals surface area contributed by atoms with Crippen molar-refractivity contribution in [2.24, 2.45) is 5.92 Å². The summed E-state index contributed by atoms with van der Waals surface area (Å²) in [4.78, 5) is 6.86. The van der Waals surface area contributed by atoms with Gasteiger partial charge in [0.05, 0.1) is 19.9 Å². The van der Waals surface area contributed by atoms with Crippen molar-refractivity contribution in [3.8, 4) is 11.5 Å². The first kappa shape index (κ1) is 20.6. The van der Waals surface area contributed by atoms with Gasteiger partial charge in [0.1, 0.15) is 16.4 Å². The smallest absolute Gasteiger partial charge is 0.244 e. The van der Waals surface area contributed by atoms with Gasteiger partial charge < -0.3 is 9.47 Å². The van der Waals surface area contributed by atoms with Gasteiger partial charge in [-0.3, -0.25) is 9.88 Å². The number of nitrogens with one attached hydrogen (secondary N) is 1. The number of hydrogen-bond donors (Lipinski definition) is 1. The molecule has 0 radical (unpaired) electrons. The second-order valence-corrected chi connectivity index (χ2v) is 8.64. The van der Waals surface area contributed by atoms with E-state index in [2.05, 4.69) is 14.6 Å². The minimum Gasteiger partial charge on any atom is -0.497 e. The molecule has 1 saturated heterocycles. The molecular formula is C20H27N3O4S. The zero-order chi connectivity index (χ0) is 20.0. The molecule has 0 amide bonds. The largest absolute Gasteiger partial charge is 0.497 e. The van der Waals surface area contributed by atoms with Crippen LogP contribution in [-0.4, -0.2) is 52.2 Å². The lowest BCUT2D eigenvalue weighted by Crippen LogP contribution is -2.38. The average Bonchev–Trinajstić information content (AvgIpc) is 2.73. The van der Waals surface area contributed by atoms with E-state index in [9.17, 15) is 8.42 Å². The topological polar surface area (TPSA) is 80.8 Å². The van der Waals surface area contributed by atoms with Crippen molar-refractivity contribution in [2.75, 3.05) is 33.9 Å². The highest BCUT2D eigenvalue weighted by Gasteiger charge is 2.24. The van der Waals surface area contributed by atoms with Gasteiger partial charge in [-0.2, -0.15) is 0 Å². The van der Waals surface area contributed by atoms with Gasteiger partial charge in [-0.1, -0.05) is 6.07 Å². The van der Waals surface area contributed by atoms with Crippen molar-refractivity contribution < 1.29 is 17.9 Å². The van der Waals surface area contributed by atoms with Crippen LogP contribution >= 0.6 is 0 Å². The van der Waals surface area contributed by atoms with Gasteiger partial charge in [0.15, 0.2) is 0 Å². The Hall–Kier alpha value is -2.16. The van der Waals surface area contributed by atoms with Gasteiger partial charge in [0.25, 0.3) is 0 Å². The first-order chi connectivity index (χ1) is 13.5. The van der Waals surface area contributed by atoms with E-state index in [1.807, 2.05) is 24.4 Å². The summed E-state index contributed by atoms with van der Waals surface area (Å²) < 4.78 is 38.5. The van der Waals surface area contributed by atoms with E-state index >= 15 is 0 Å². The summed E-state index contributed by atoms with van der Waals surface area (Å²) in [6.45, 7) is 3.14. The third-order valence-electron chi connectivity index (χ3n) is 5.04. The fourth-order valence-electron chi connectivity index (χ4n) is 3.37. The monoisotopic (exact) mass is 405 g/mol. The highest BCUT2D eigenvalue weighted by molar-refractivity contribution is 7.89. The number of rotatable bonds is 8. The number of likely N-dealkylation sites (tertiary alicyclic amines) is 1. The maximum Gasteiger partial charge on any atom is 0.244 e. The lowest BCUT2D eigenvalue weighted by Gasteiger charge is -2.31. The van der Waals surface area contributed by atoms with Crippen LogP contribution in [0.5, 0.6) is 11.5 Å². The van der Waals surface area contributed by atoms with Crippen LogP contribution in [0.4, 0.5) is 0 Å². The molecule has 2 aromatic rings. The zero-order valence-corrected chi connectivity index (χ0v) is 17.1. The van der Waals surface area contributed by atoms with Crippen molar-refractivity contribution in [1.29, 1.82) is 0 Å². The molecule has 152 valence electrons. The molecule has 1 aliphatic rings. The molecule has 1 aliphatic heterocycles. The summed E-state index contributed by atoms with van der Waals surface area (Å²) in [5, 5.41) is 0. The molecule has 1 fully saturated rings. The zero-order valence-electron chi connectivity index (χ0n) is 16.3. The second kappa shape index (κ2) is 9.36. The number of piperidine rings is 1. The summed E-state index contributed by atoms with van der Waals surface area (Å²) in [5.41, 5.74) is 1.06. The van der Waals surface area contributed by atoms with Crippen molar-refractivity contribution in [1.82, 2.24) is 14.6 Å². The predicted octanol–water partition coefficient (Wildman–Crippen LogP) is 2.29. The molecule has 0 spiro atoms. The Morgan fingerprint density at radius 3 is 2.57 bits per heavy atom. The van der Waals surface area contributed by atoms with Crippen molar-refractivity contribution in [2.45, 2.75) is 24.3 Å². The average molecular weight is 406 g/mol. The molecule has 28 heavy (non-hydrogen) atoms. The number of hydrogen-bond acceptors (Lipinski definition) is 6. The van der Waals surface area contributed by atoms with Crippen molar-refractivity contribution in [3.05, 3.63) is 48.3 Å². The van der Waals surface area contributed by atoms with Crippen LogP contribution in [0.25, 0.3) is 0 Å². The van der Waals surface area contributed by atoms with E-state index in [1.54, 1.807) is 12.1 Å². The minimum absolute atomic E-state index is 0.128. The van der Waals surface area contributed by atoms with Gasteiger partial charge in [-0.15, -0.1) is 0 Å². The van der Waals surface area contributed by atoms with Gasteiger partial charge in [-0.25, -0.2) is 13.1 Å². The summed E-state index contributed by atoms with van der Waals surface area (Å²) in [6.07, 6.45) is 3.72. The Bertz CT molecular complexity index is 866. The Morgan fingerprint density at radius 1 is 1.14 bits per heavy atom. The molecule has 7 nitrogen and oxygen atoms in total. The van der Waals surface area contributed by atoms with Crippen LogP contribution in [0.1, 0.15) is 18.5 Å². The molecule has 3 rings (SSSR count). The summed E-state index contributed by atoms with van der Waals surface area (Å²) in [5.74, 6) is 1.15.